The van der Waals surface area contributed by atoms with Crippen molar-refractivity contribution in [3.8, 4) is 0 Å². The van der Waals surface area contributed by atoms with Crippen molar-refractivity contribution in [2.24, 2.45) is 0 Å². The van der Waals surface area contributed by atoms with Crippen LogP contribution in [0.4, 0.5) is 4.39 Å². The molecule has 1 aliphatic heterocycles. The van der Waals surface area contributed by atoms with Crippen LogP contribution in [0, 0.1) is 5.82 Å². The lowest BCUT2D eigenvalue weighted by Gasteiger charge is -2.32. The van der Waals surface area contributed by atoms with Gasteiger partial charge in [-0.1, -0.05) is 11.6 Å². The Hall–Kier alpha value is -0.645. The van der Waals surface area contributed by atoms with Gasteiger partial charge in [0.25, 0.3) is 0 Å². The van der Waals surface area contributed by atoms with E-state index in [1.165, 1.54) is 12.3 Å². The number of halogens is 2. The highest BCUT2D eigenvalue weighted by Crippen LogP contribution is 2.58. The maximum Gasteiger partial charge on any atom is 0.461 e. The van der Waals surface area contributed by atoms with E-state index in [0.29, 0.717) is 10.7 Å². The van der Waals surface area contributed by atoms with Crippen LogP contribution in [-0.2, 0) is 9.31 Å². The molecule has 0 aromatic carbocycles. The molecule has 20 heavy (non-hydrogen) atoms. The molecule has 108 valence electrons. The predicted octanol–water partition coefficient (Wildman–Crippen LogP) is 3.82. The zero-order valence-corrected chi connectivity index (χ0v) is 12.9. The topological polar surface area (TPSA) is 31.4 Å². The average Bonchev–Trinajstić information content (AvgIpc) is 3.02. The fraction of sp³-hybridized carbons (Fsp3) is 0.643. The van der Waals surface area contributed by atoms with Crippen molar-refractivity contribution < 1.29 is 13.7 Å². The zero-order chi connectivity index (χ0) is 14.7. The largest absolute Gasteiger partial charge is 0.461 e. The lowest BCUT2D eigenvalue weighted by atomic mass is 9.80. The van der Waals surface area contributed by atoms with Crippen LogP contribution in [-0.4, -0.2) is 23.3 Å². The van der Waals surface area contributed by atoms with Crippen molar-refractivity contribution in [3.05, 3.63) is 28.8 Å². The van der Waals surface area contributed by atoms with Crippen LogP contribution in [0.1, 0.15) is 45.7 Å². The first kappa shape index (κ1) is 14.3. The highest BCUT2D eigenvalue weighted by Gasteiger charge is 2.60. The van der Waals surface area contributed by atoms with E-state index in [0.717, 1.165) is 6.42 Å². The van der Waals surface area contributed by atoms with Crippen molar-refractivity contribution in [2.75, 3.05) is 0 Å². The summed E-state index contributed by atoms with van der Waals surface area (Å²) in [5.74, 6) is -0.122. The molecule has 2 heterocycles. The minimum Gasteiger partial charge on any atom is -0.403 e. The molecule has 0 unspecified atom stereocenters. The van der Waals surface area contributed by atoms with Crippen LogP contribution in [0.2, 0.25) is 10.8 Å². The number of rotatable bonds is 2. The summed E-state index contributed by atoms with van der Waals surface area (Å²) in [6.45, 7) is 8.08. The van der Waals surface area contributed by atoms with Gasteiger partial charge in [0.05, 0.1) is 21.9 Å². The smallest absolute Gasteiger partial charge is 0.403 e. The summed E-state index contributed by atoms with van der Waals surface area (Å²) in [5, 5.41) is 0.319. The molecular weight excluding hydrogens is 279 g/mol. The van der Waals surface area contributed by atoms with Crippen molar-refractivity contribution >= 4 is 18.7 Å². The van der Waals surface area contributed by atoms with Crippen molar-refractivity contribution in [1.29, 1.82) is 0 Å². The van der Waals surface area contributed by atoms with Gasteiger partial charge in [-0.15, -0.1) is 0 Å². The van der Waals surface area contributed by atoms with Crippen LogP contribution >= 0.6 is 11.6 Å². The summed E-state index contributed by atoms with van der Waals surface area (Å²) in [7, 11) is -0.290. The number of hydrogen-bond donors (Lipinski definition) is 0. The summed E-state index contributed by atoms with van der Waals surface area (Å²) < 4.78 is 25.9. The van der Waals surface area contributed by atoms with Gasteiger partial charge >= 0.3 is 7.12 Å². The third-order valence-corrected chi connectivity index (χ3v) is 4.86. The third kappa shape index (κ3) is 2.26. The van der Waals surface area contributed by atoms with Gasteiger partial charge in [0.2, 0.25) is 0 Å². The lowest BCUT2D eigenvalue weighted by Crippen LogP contribution is -2.41. The van der Waals surface area contributed by atoms with Gasteiger partial charge in [0.15, 0.2) is 0 Å². The molecule has 3 rings (SSSR count). The number of aromatic nitrogens is 1. The van der Waals surface area contributed by atoms with Crippen LogP contribution in [0.15, 0.2) is 12.3 Å². The standard InChI is InChI=1S/C14H18BClFNO2/c1-13(2)14(3,4)20-15(19-13)10-6-9(10)12-11(17)5-8(16)7-18-12/h5,7,9-10H,6H2,1-4H3/t9-,10-/m1/s1. The highest BCUT2D eigenvalue weighted by molar-refractivity contribution is 6.49. The molecule has 0 spiro atoms. The van der Waals surface area contributed by atoms with E-state index in [1.807, 2.05) is 27.7 Å². The van der Waals surface area contributed by atoms with Gasteiger partial charge in [-0.25, -0.2) is 4.39 Å². The molecular formula is C14H18BClFNO2. The molecule has 6 heteroatoms. The highest BCUT2D eigenvalue weighted by atomic mass is 35.5. The van der Waals surface area contributed by atoms with Crippen LogP contribution in [0.25, 0.3) is 0 Å². The van der Waals surface area contributed by atoms with E-state index >= 15 is 0 Å². The third-order valence-electron chi connectivity index (χ3n) is 4.65. The first-order chi connectivity index (χ1) is 9.21. The second-order valence-corrected chi connectivity index (χ2v) is 7.09. The van der Waals surface area contributed by atoms with Gasteiger partial charge < -0.3 is 9.31 Å². The van der Waals surface area contributed by atoms with E-state index < -0.39 is 0 Å². The van der Waals surface area contributed by atoms with Gasteiger partial charge in [-0.3, -0.25) is 4.98 Å². The molecule has 1 aliphatic carbocycles. The molecule has 2 aliphatic rings. The summed E-state index contributed by atoms with van der Waals surface area (Å²) in [6, 6.07) is 1.31. The van der Waals surface area contributed by atoms with Gasteiger partial charge in [0, 0.05) is 17.9 Å². The van der Waals surface area contributed by atoms with E-state index in [-0.39, 0.29) is 35.9 Å². The fourth-order valence-corrected chi connectivity index (χ4v) is 2.74. The minimum absolute atomic E-state index is 0.0574. The Bertz CT molecular complexity index is 536. The molecule has 1 saturated heterocycles. The second-order valence-electron chi connectivity index (χ2n) is 6.65. The van der Waals surface area contributed by atoms with E-state index in [2.05, 4.69) is 4.98 Å². The summed E-state index contributed by atoms with van der Waals surface area (Å²) in [5.41, 5.74) is -0.234. The number of hydrogen-bond acceptors (Lipinski definition) is 3. The maximum atomic E-state index is 13.9. The van der Waals surface area contributed by atoms with Gasteiger partial charge in [-0.05, 0) is 40.2 Å². The second kappa shape index (κ2) is 4.42. The van der Waals surface area contributed by atoms with E-state index in [9.17, 15) is 4.39 Å². The first-order valence-corrected chi connectivity index (χ1v) is 7.26. The Morgan fingerprint density at radius 3 is 2.45 bits per heavy atom. The molecule has 3 nitrogen and oxygen atoms in total. The Morgan fingerprint density at radius 2 is 1.90 bits per heavy atom. The van der Waals surface area contributed by atoms with E-state index in [4.69, 9.17) is 20.9 Å². The van der Waals surface area contributed by atoms with Gasteiger partial charge in [0.1, 0.15) is 5.82 Å². The molecule has 1 saturated carbocycles. The molecule has 1 aromatic rings. The Labute approximate surface area is 124 Å². The number of pyridine rings is 1. The monoisotopic (exact) mass is 297 g/mol. The molecule has 0 bridgehead atoms. The first-order valence-electron chi connectivity index (χ1n) is 6.88. The van der Waals surface area contributed by atoms with Crippen molar-refractivity contribution in [2.45, 2.75) is 57.1 Å². The fourth-order valence-electron chi connectivity index (χ4n) is 2.59. The quantitative estimate of drug-likeness (QED) is 0.778. The summed E-state index contributed by atoms with van der Waals surface area (Å²) >= 11 is 5.73. The Kier molecular flexibility index (Phi) is 3.16. The SMILES string of the molecule is CC1(C)OB([C@@H]2C[C@H]2c2ncc(Cl)cc2F)OC1(C)C. The average molecular weight is 298 g/mol. The normalized spacial score (nSPS) is 30.6. The van der Waals surface area contributed by atoms with Crippen molar-refractivity contribution in [1.82, 2.24) is 4.98 Å². The summed E-state index contributed by atoms with van der Waals surface area (Å²) in [6.07, 6.45) is 2.32. The Balaban J connectivity index is 1.74. The molecule has 1 aromatic heterocycles. The molecule has 2 fully saturated rings. The van der Waals surface area contributed by atoms with Crippen LogP contribution < -0.4 is 0 Å². The molecule has 2 atom stereocenters. The van der Waals surface area contributed by atoms with Crippen molar-refractivity contribution in [3.63, 3.8) is 0 Å². The molecule has 0 radical (unpaired) electrons. The summed E-state index contributed by atoms with van der Waals surface area (Å²) in [4.78, 5) is 4.12. The number of nitrogens with zero attached hydrogens (tertiary/aromatic N) is 1. The van der Waals surface area contributed by atoms with Gasteiger partial charge in [-0.2, -0.15) is 0 Å². The molecule has 0 N–H and O–H groups in total. The van der Waals surface area contributed by atoms with Crippen LogP contribution in [0.5, 0.6) is 0 Å². The minimum atomic E-state index is -0.350. The predicted molar refractivity (Wildman–Crippen MR) is 76.4 cm³/mol. The maximum absolute atomic E-state index is 13.9. The lowest BCUT2D eigenvalue weighted by molar-refractivity contribution is 0.00578. The molecule has 0 amide bonds. The Morgan fingerprint density at radius 1 is 1.30 bits per heavy atom. The van der Waals surface area contributed by atoms with E-state index in [1.54, 1.807) is 0 Å². The zero-order valence-electron chi connectivity index (χ0n) is 12.1. The van der Waals surface area contributed by atoms with Crippen LogP contribution in [0.3, 0.4) is 0 Å².